The molecule has 0 aromatic heterocycles. The molecule has 0 unspecified atom stereocenters. The molecule has 0 saturated heterocycles. The van der Waals surface area contributed by atoms with Crippen LogP contribution in [0.3, 0.4) is 0 Å². The van der Waals surface area contributed by atoms with Gasteiger partial charge in [0.05, 0.1) is 11.4 Å². The number of nitrogen functional groups attached to an aromatic ring is 2. The summed E-state index contributed by atoms with van der Waals surface area (Å²) in [7, 11) is 0. The van der Waals surface area contributed by atoms with E-state index in [1.807, 2.05) is 72.8 Å². The van der Waals surface area contributed by atoms with E-state index in [1.165, 1.54) is 0 Å². The van der Waals surface area contributed by atoms with Crippen LogP contribution in [0.1, 0.15) is 11.1 Å². The number of anilines is 2. The maximum atomic E-state index is 6.14. The number of hydrogen-bond donors (Lipinski definition) is 4. The van der Waals surface area contributed by atoms with E-state index in [1.54, 1.807) is 12.1 Å². The lowest BCUT2D eigenvalue weighted by Crippen LogP contribution is -2.46. The minimum Gasteiger partial charge on any atom is -0.397 e. The Labute approximate surface area is 136 Å². The molecule has 3 aromatic rings. The van der Waals surface area contributed by atoms with Crippen LogP contribution in [0.4, 0.5) is 11.4 Å². The smallest absolute Gasteiger partial charge is 0.116 e. The summed E-state index contributed by atoms with van der Waals surface area (Å²) in [6.45, 7) is 0. The van der Waals surface area contributed by atoms with Crippen LogP contribution >= 0.6 is 0 Å². The molecule has 0 fully saturated rings. The van der Waals surface area contributed by atoms with Gasteiger partial charge in [0.15, 0.2) is 0 Å². The van der Waals surface area contributed by atoms with Crippen LogP contribution < -0.4 is 22.9 Å². The predicted molar refractivity (Wildman–Crippen MR) is 97.3 cm³/mol. The lowest BCUT2D eigenvalue weighted by molar-refractivity contribution is 0.567. The topological polar surface area (TPSA) is 104 Å². The third-order valence-corrected chi connectivity index (χ3v) is 3.50. The van der Waals surface area contributed by atoms with Crippen molar-refractivity contribution in [2.45, 2.75) is 5.66 Å². The Balaban J connectivity index is 0.000000203. The zero-order valence-corrected chi connectivity index (χ0v) is 12.9. The maximum Gasteiger partial charge on any atom is 0.116 e. The van der Waals surface area contributed by atoms with Gasteiger partial charge in [0.25, 0.3) is 0 Å². The van der Waals surface area contributed by atoms with Crippen LogP contribution in [-0.4, -0.2) is 0 Å². The molecule has 3 aromatic carbocycles. The first-order valence-corrected chi connectivity index (χ1v) is 7.30. The van der Waals surface area contributed by atoms with Gasteiger partial charge in [0.2, 0.25) is 0 Å². The second-order valence-corrected chi connectivity index (χ2v) is 5.23. The third-order valence-electron chi connectivity index (χ3n) is 3.50. The number of rotatable bonds is 2. The summed E-state index contributed by atoms with van der Waals surface area (Å²) >= 11 is 0. The van der Waals surface area contributed by atoms with E-state index in [0.717, 1.165) is 11.1 Å². The highest BCUT2D eigenvalue weighted by Crippen LogP contribution is 2.20. The Morgan fingerprint density at radius 2 is 0.783 bits per heavy atom. The predicted octanol–water partition coefficient (Wildman–Crippen LogP) is 2.66. The number of para-hydroxylation sites is 2. The third kappa shape index (κ3) is 4.32. The summed E-state index contributed by atoms with van der Waals surface area (Å²) < 4.78 is 0. The Bertz CT molecular complexity index is 662. The van der Waals surface area contributed by atoms with E-state index in [0.29, 0.717) is 11.4 Å². The molecule has 0 heterocycles. The number of hydrogen-bond acceptors (Lipinski definition) is 4. The van der Waals surface area contributed by atoms with Crippen molar-refractivity contribution in [2.75, 3.05) is 11.5 Å². The summed E-state index contributed by atoms with van der Waals surface area (Å²) in [5.41, 5.74) is 25.3. The zero-order chi connectivity index (χ0) is 16.7. The fraction of sp³-hybridized carbons (Fsp3) is 0.0526. The molecule has 0 aliphatic heterocycles. The summed E-state index contributed by atoms with van der Waals surface area (Å²) in [6.07, 6.45) is 0. The SMILES string of the molecule is NC(N)(c1ccccc1)c1ccccc1.Nc1ccccc1N. The first-order valence-electron chi connectivity index (χ1n) is 7.30. The first kappa shape index (κ1) is 16.5. The quantitative estimate of drug-likeness (QED) is 0.431. The van der Waals surface area contributed by atoms with Gasteiger partial charge in [-0.15, -0.1) is 0 Å². The number of nitrogens with two attached hydrogens (primary N) is 4. The average molecular weight is 306 g/mol. The average Bonchev–Trinajstić information content (AvgIpc) is 2.60. The Hall–Kier alpha value is -2.82. The highest BCUT2D eigenvalue weighted by Gasteiger charge is 2.23. The highest BCUT2D eigenvalue weighted by atomic mass is 15.0. The molecule has 0 spiro atoms. The van der Waals surface area contributed by atoms with Crippen molar-refractivity contribution in [1.29, 1.82) is 0 Å². The van der Waals surface area contributed by atoms with Gasteiger partial charge < -0.3 is 22.9 Å². The van der Waals surface area contributed by atoms with Crippen molar-refractivity contribution in [3.63, 3.8) is 0 Å². The lowest BCUT2D eigenvalue weighted by Gasteiger charge is -2.25. The fourth-order valence-electron chi connectivity index (χ4n) is 2.11. The van der Waals surface area contributed by atoms with Crippen molar-refractivity contribution in [1.82, 2.24) is 0 Å². The van der Waals surface area contributed by atoms with Gasteiger partial charge in [-0.1, -0.05) is 72.8 Å². The van der Waals surface area contributed by atoms with Gasteiger partial charge in [0, 0.05) is 0 Å². The lowest BCUT2D eigenvalue weighted by atomic mass is 9.93. The standard InChI is InChI=1S/C13H14N2.C6H8N2/c14-13(15,11-7-3-1-4-8-11)12-9-5-2-6-10-12;7-5-3-1-2-4-6(5)8/h1-10H,14-15H2;1-4H,7-8H2. The van der Waals surface area contributed by atoms with Gasteiger partial charge in [-0.3, -0.25) is 0 Å². The molecule has 0 bridgehead atoms. The molecule has 4 heteroatoms. The van der Waals surface area contributed by atoms with Crippen LogP contribution in [0.5, 0.6) is 0 Å². The minimum absolute atomic E-state index is 0.646. The van der Waals surface area contributed by atoms with Crippen LogP contribution in [0.15, 0.2) is 84.9 Å². The Morgan fingerprint density at radius 1 is 0.478 bits per heavy atom. The fourth-order valence-corrected chi connectivity index (χ4v) is 2.11. The van der Waals surface area contributed by atoms with Crippen molar-refractivity contribution < 1.29 is 0 Å². The molecule has 0 aliphatic rings. The molecule has 4 nitrogen and oxygen atoms in total. The van der Waals surface area contributed by atoms with Gasteiger partial charge in [-0.2, -0.15) is 0 Å². The van der Waals surface area contributed by atoms with Crippen molar-refractivity contribution in [3.05, 3.63) is 96.1 Å². The van der Waals surface area contributed by atoms with E-state index in [2.05, 4.69) is 0 Å². The molecule has 0 radical (unpaired) electrons. The Kier molecular flexibility index (Phi) is 5.36. The van der Waals surface area contributed by atoms with Crippen LogP contribution in [-0.2, 0) is 5.66 Å². The molecule has 8 N–H and O–H groups in total. The Morgan fingerprint density at radius 3 is 1.09 bits per heavy atom. The highest BCUT2D eigenvalue weighted by molar-refractivity contribution is 5.62. The van der Waals surface area contributed by atoms with Gasteiger partial charge in [0.1, 0.15) is 5.66 Å². The van der Waals surface area contributed by atoms with Crippen LogP contribution in [0.2, 0.25) is 0 Å². The van der Waals surface area contributed by atoms with Crippen molar-refractivity contribution in [3.8, 4) is 0 Å². The van der Waals surface area contributed by atoms with E-state index < -0.39 is 5.66 Å². The van der Waals surface area contributed by atoms with E-state index >= 15 is 0 Å². The largest absolute Gasteiger partial charge is 0.397 e. The van der Waals surface area contributed by atoms with Gasteiger partial charge >= 0.3 is 0 Å². The monoisotopic (exact) mass is 306 g/mol. The van der Waals surface area contributed by atoms with Crippen LogP contribution in [0.25, 0.3) is 0 Å². The van der Waals surface area contributed by atoms with E-state index in [4.69, 9.17) is 22.9 Å². The molecule has 3 rings (SSSR count). The minimum atomic E-state index is -0.914. The van der Waals surface area contributed by atoms with E-state index in [9.17, 15) is 0 Å². The molecular weight excluding hydrogens is 284 g/mol. The molecule has 118 valence electrons. The molecule has 0 atom stereocenters. The normalized spacial score (nSPS) is 10.5. The molecule has 23 heavy (non-hydrogen) atoms. The summed E-state index contributed by atoms with van der Waals surface area (Å²) in [4.78, 5) is 0. The maximum absolute atomic E-state index is 6.14. The first-order chi connectivity index (χ1) is 11.0. The molecule has 0 saturated carbocycles. The summed E-state index contributed by atoms with van der Waals surface area (Å²) in [6, 6.07) is 26.6. The molecular formula is C19H22N4. The summed E-state index contributed by atoms with van der Waals surface area (Å²) in [5.74, 6) is 0. The van der Waals surface area contributed by atoms with Crippen molar-refractivity contribution >= 4 is 11.4 Å². The van der Waals surface area contributed by atoms with E-state index in [-0.39, 0.29) is 0 Å². The molecule has 0 aliphatic carbocycles. The second-order valence-electron chi connectivity index (χ2n) is 5.23. The van der Waals surface area contributed by atoms with Crippen molar-refractivity contribution in [2.24, 2.45) is 11.5 Å². The van der Waals surface area contributed by atoms with Gasteiger partial charge in [-0.05, 0) is 23.3 Å². The summed E-state index contributed by atoms with van der Waals surface area (Å²) in [5, 5.41) is 0. The zero-order valence-electron chi connectivity index (χ0n) is 12.9. The number of benzene rings is 3. The molecule has 0 amide bonds. The van der Waals surface area contributed by atoms with Crippen LogP contribution in [0, 0.1) is 0 Å². The van der Waals surface area contributed by atoms with Gasteiger partial charge in [-0.25, -0.2) is 0 Å². The second kappa shape index (κ2) is 7.45.